The van der Waals surface area contributed by atoms with Crippen molar-refractivity contribution in [1.29, 1.82) is 0 Å². The van der Waals surface area contributed by atoms with Gasteiger partial charge in [0.05, 0.1) is 19.3 Å². The van der Waals surface area contributed by atoms with E-state index in [2.05, 4.69) is 39.9 Å². The number of aliphatic hydroxyl groups is 2. The van der Waals surface area contributed by atoms with E-state index in [4.69, 9.17) is 10.5 Å². The molecule has 5 heteroatoms. The maximum absolute atomic E-state index is 9.98. The molecule has 1 fully saturated rings. The van der Waals surface area contributed by atoms with Gasteiger partial charge in [-0.2, -0.15) is 0 Å². The molecule has 0 aromatic carbocycles. The van der Waals surface area contributed by atoms with Crippen molar-refractivity contribution in [3.63, 3.8) is 0 Å². The highest BCUT2D eigenvalue weighted by molar-refractivity contribution is 4.86. The van der Waals surface area contributed by atoms with Gasteiger partial charge in [-0.3, -0.25) is 0 Å². The summed E-state index contributed by atoms with van der Waals surface area (Å²) in [6.45, 7) is 15.3. The Labute approximate surface area is 167 Å². The van der Waals surface area contributed by atoms with Crippen molar-refractivity contribution in [1.82, 2.24) is 5.32 Å². The fourth-order valence-corrected chi connectivity index (χ4v) is 4.44. The molecule has 9 unspecified atom stereocenters. The number of rotatable bonds is 14. The third kappa shape index (κ3) is 7.28. The van der Waals surface area contributed by atoms with Gasteiger partial charge in [0.1, 0.15) is 0 Å². The molecule has 0 bridgehead atoms. The van der Waals surface area contributed by atoms with E-state index in [9.17, 15) is 10.2 Å². The molecule has 1 aliphatic heterocycles. The molecule has 5 nitrogen and oxygen atoms in total. The van der Waals surface area contributed by atoms with Crippen LogP contribution in [0.4, 0.5) is 0 Å². The number of ether oxygens (including phenoxy) is 1. The van der Waals surface area contributed by atoms with Crippen LogP contribution in [-0.4, -0.2) is 54.8 Å². The first-order valence-electron chi connectivity index (χ1n) is 11.1. The van der Waals surface area contributed by atoms with Gasteiger partial charge in [0.25, 0.3) is 0 Å². The lowest BCUT2D eigenvalue weighted by atomic mass is 9.70. The van der Waals surface area contributed by atoms with Crippen LogP contribution in [0.2, 0.25) is 0 Å². The molecular weight excluding hydrogens is 340 g/mol. The van der Waals surface area contributed by atoms with Crippen molar-refractivity contribution in [3.8, 4) is 0 Å². The van der Waals surface area contributed by atoms with Crippen LogP contribution in [0.5, 0.6) is 0 Å². The van der Waals surface area contributed by atoms with Gasteiger partial charge < -0.3 is 26.0 Å². The third-order valence-electron chi connectivity index (χ3n) is 7.42. The predicted molar refractivity (Wildman–Crippen MR) is 113 cm³/mol. The van der Waals surface area contributed by atoms with Crippen molar-refractivity contribution in [2.45, 2.75) is 79.0 Å². The first-order chi connectivity index (χ1) is 12.8. The molecule has 0 amide bonds. The predicted octanol–water partition coefficient (Wildman–Crippen LogP) is 2.64. The maximum Gasteiger partial charge on any atom is 0.0597 e. The largest absolute Gasteiger partial charge is 0.396 e. The standard InChI is InChI=1S/C22H46N2O3/c1-7-14(2)21(10-20(11-25)17(5)23)15(3)16(4)22(12-26)24-9-8-19-13-27-18(19)6/h14-22,24-26H,7-13,23H2,1-6H3. The second-order valence-corrected chi connectivity index (χ2v) is 9.14. The SMILES string of the molecule is CCC(C)C(CC(CO)C(C)N)C(C)C(C)C(CO)NCCC1COC1C. The van der Waals surface area contributed by atoms with Crippen LogP contribution in [0.1, 0.15) is 60.8 Å². The second-order valence-electron chi connectivity index (χ2n) is 9.14. The molecule has 9 atom stereocenters. The molecule has 0 aliphatic carbocycles. The van der Waals surface area contributed by atoms with Gasteiger partial charge in [0, 0.05) is 24.6 Å². The molecule has 0 aromatic rings. The highest BCUT2D eigenvalue weighted by Gasteiger charge is 2.33. The lowest BCUT2D eigenvalue weighted by Crippen LogP contribution is -2.46. The van der Waals surface area contributed by atoms with Crippen molar-refractivity contribution < 1.29 is 14.9 Å². The summed E-state index contributed by atoms with van der Waals surface area (Å²) in [7, 11) is 0. The molecule has 0 saturated carbocycles. The van der Waals surface area contributed by atoms with E-state index in [1.165, 1.54) is 0 Å². The van der Waals surface area contributed by atoms with Gasteiger partial charge >= 0.3 is 0 Å². The van der Waals surface area contributed by atoms with Crippen LogP contribution in [-0.2, 0) is 4.74 Å². The van der Waals surface area contributed by atoms with Gasteiger partial charge in [0.2, 0.25) is 0 Å². The highest BCUT2D eigenvalue weighted by Crippen LogP contribution is 2.36. The summed E-state index contributed by atoms with van der Waals surface area (Å²) in [6.07, 6.45) is 3.55. The minimum absolute atomic E-state index is 0.00233. The Kier molecular flexibility index (Phi) is 11.4. The van der Waals surface area contributed by atoms with Crippen LogP contribution >= 0.6 is 0 Å². The summed E-state index contributed by atoms with van der Waals surface area (Å²) in [4.78, 5) is 0. The molecule has 0 spiro atoms. The Hall–Kier alpha value is -0.200. The molecule has 5 N–H and O–H groups in total. The topological polar surface area (TPSA) is 87.7 Å². The Bertz CT molecular complexity index is 394. The summed E-state index contributed by atoms with van der Waals surface area (Å²) in [6, 6.07) is 0.105. The molecule has 0 aromatic heterocycles. The highest BCUT2D eigenvalue weighted by atomic mass is 16.5. The monoisotopic (exact) mass is 386 g/mol. The average molecular weight is 387 g/mol. The fraction of sp³-hybridized carbons (Fsp3) is 1.00. The molecule has 162 valence electrons. The van der Waals surface area contributed by atoms with Crippen molar-refractivity contribution in [2.24, 2.45) is 41.2 Å². The Morgan fingerprint density at radius 3 is 2.19 bits per heavy atom. The summed E-state index contributed by atoms with van der Waals surface area (Å²) < 4.78 is 5.44. The van der Waals surface area contributed by atoms with E-state index < -0.39 is 0 Å². The number of nitrogens with two attached hydrogens (primary N) is 1. The zero-order chi connectivity index (χ0) is 20.6. The molecule has 27 heavy (non-hydrogen) atoms. The first-order valence-corrected chi connectivity index (χ1v) is 11.1. The average Bonchev–Trinajstić information content (AvgIpc) is 2.65. The van der Waals surface area contributed by atoms with E-state index in [1.807, 2.05) is 6.92 Å². The van der Waals surface area contributed by atoms with E-state index >= 15 is 0 Å². The number of hydrogen-bond donors (Lipinski definition) is 4. The van der Waals surface area contributed by atoms with Gasteiger partial charge in [0.15, 0.2) is 0 Å². The van der Waals surface area contributed by atoms with Crippen LogP contribution in [0.25, 0.3) is 0 Å². The molecular formula is C22H46N2O3. The van der Waals surface area contributed by atoms with Crippen molar-refractivity contribution >= 4 is 0 Å². The lowest BCUT2D eigenvalue weighted by molar-refractivity contribution is -0.105. The molecule has 1 rings (SSSR count). The van der Waals surface area contributed by atoms with Crippen LogP contribution in [0, 0.1) is 35.5 Å². The van der Waals surface area contributed by atoms with E-state index in [0.717, 1.165) is 32.4 Å². The Balaban J connectivity index is 2.67. The summed E-state index contributed by atoms with van der Waals surface area (Å²) >= 11 is 0. The smallest absolute Gasteiger partial charge is 0.0597 e. The van der Waals surface area contributed by atoms with Crippen molar-refractivity contribution in [3.05, 3.63) is 0 Å². The molecule has 0 radical (unpaired) electrons. The molecule has 1 aliphatic rings. The summed E-state index contributed by atoms with van der Waals surface area (Å²) in [5.74, 6) is 2.65. The van der Waals surface area contributed by atoms with Gasteiger partial charge in [-0.05, 0) is 62.8 Å². The third-order valence-corrected chi connectivity index (χ3v) is 7.42. The Morgan fingerprint density at radius 1 is 1.11 bits per heavy atom. The number of aliphatic hydroxyl groups excluding tert-OH is 2. The second kappa shape index (κ2) is 12.4. The molecule has 1 saturated heterocycles. The van der Waals surface area contributed by atoms with Crippen molar-refractivity contribution in [2.75, 3.05) is 26.4 Å². The van der Waals surface area contributed by atoms with Gasteiger partial charge in [-0.15, -0.1) is 0 Å². The minimum Gasteiger partial charge on any atom is -0.396 e. The summed E-state index contributed by atoms with van der Waals surface area (Å²) in [5, 5.41) is 23.3. The summed E-state index contributed by atoms with van der Waals surface area (Å²) in [5.41, 5.74) is 6.10. The fourth-order valence-electron chi connectivity index (χ4n) is 4.44. The van der Waals surface area contributed by atoms with Crippen LogP contribution < -0.4 is 11.1 Å². The van der Waals surface area contributed by atoms with E-state index in [0.29, 0.717) is 35.7 Å². The number of nitrogens with one attached hydrogen (secondary N) is 1. The Morgan fingerprint density at radius 2 is 1.78 bits per heavy atom. The van der Waals surface area contributed by atoms with Crippen LogP contribution in [0.15, 0.2) is 0 Å². The minimum atomic E-state index is 0.00233. The maximum atomic E-state index is 9.98. The quantitative estimate of drug-likeness (QED) is 0.369. The van der Waals surface area contributed by atoms with Gasteiger partial charge in [-0.1, -0.05) is 34.1 Å². The number of hydrogen-bond acceptors (Lipinski definition) is 5. The van der Waals surface area contributed by atoms with Crippen LogP contribution in [0.3, 0.4) is 0 Å². The first kappa shape index (κ1) is 24.8. The zero-order valence-electron chi connectivity index (χ0n) is 18.5. The van der Waals surface area contributed by atoms with E-state index in [-0.39, 0.29) is 31.2 Å². The molecule has 1 heterocycles. The van der Waals surface area contributed by atoms with Gasteiger partial charge in [-0.25, -0.2) is 0 Å². The normalized spacial score (nSPS) is 27.9. The van der Waals surface area contributed by atoms with E-state index in [1.54, 1.807) is 0 Å². The zero-order valence-corrected chi connectivity index (χ0v) is 18.5. The lowest BCUT2D eigenvalue weighted by Gasteiger charge is -2.39.